The van der Waals surface area contributed by atoms with Crippen LogP contribution < -0.4 is 5.32 Å². The van der Waals surface area contributed by atoms with Crippen LogP contribution in [0.4, 0.5) is 4.39 Å². The molecule has 1 aliphatic rings. The van der Waals surface area contributed by atoms with E-state index in [4.69, 9.17) is 0 Å². The quantitative estimate of drug-likeness (QED) is 0.151. The Morgan fingerprint density at radius 3 is 2.68 bits per heavy atom. The van der Waals surface area contributed by atoms with Crippen molar-refractivity contribution in [2.45, 2.75) is 39.0 Å². The van der Waals surface area contributed by atoms with Crippen molar-refractivity contribution >= 4 is 40.1 Å². The van der Waals surface area contributed by atoms with Gasteiger partial charge in [-0.05, 0) is 62.4 Å². The Balaban J connectivity index is 1.34. The number of carbonyl (C=O) groups is 1. The second kappa shape index (κ2) is 11.3. The number of hydrogen-bond donors (Lipinski definition) is 3. The normalized spacial score (nSPS) is 15.0. The topological polar surface area (TPSA) is 112 Å². The maximum atomic E-state index is 13.5. The van der Waals surface area contributed by atoms with Crippen LogP contribution in [0.5, 0.6) is 0 Å². The summed E-state index contributed by atoms with van der Waals surface area (Å²) in [5.41, 5.74) is 7.08. The molecule has 4 heterocycles. The summed E-state index contributed by atoms with van der Waals surface area (Å²) >= 11 is 0. The van der Waals surface area contributed by atoms with Crippen molar-refractivity contribution in [3.05, 3.63) is 84.3 Å². The van der Waals surface area contributed by atoms with Gasteiger partial charge < -0.3 is 10.3 Å². The van der Waals surface area contributed by atoms with Gasteiger partial charge in [0.15, 0.2) is 5.65 Å². The first-order valence-electron chi connectivity index (χ1n) is 13.7. The number of nitrogens with zero attached hydrogens (tertiary/aromatic N) is 4. The number of allylic oxidation sites excluding steroid dienone is 3. The lowest BCUT2D eigenvalue weighted by Gasteiger charge is -2.21. The molecule has 206 valence electrons. The molecule has 0 spiro atoms. The van der Waals surface area contributed by atoms with E-state index in [1.807, 2.05) is 25.1 Å². The standard InChI is InChI=1S/C32H30FN7O/c1-19(37-32(41)21-6-4-3-5-7-21)12-22(15-34-2)23-13-26-30(39-40-31(26)36-16-23)28-14-25-27(17-35-18-29(25)38-28)20-8-10-24(33)11-9-20/h8-18,21,38H,2-7H2,1H3,(H,37,41)(H,36,39,40)/b19-12+,22-15+. The third kappa shape index (κ3) is 5.43. The molecular weight excluding hydrogens is 517 g/mol. The van der Waals surface area contributed by atoms with Crippen molar-refractivity contribution in [3.63, 3.8) is 0 Å². The molecule has 1 fully saturated rings. The highest BCUT2D eigenvalue weighted by molar-refractivity contribution is 6.00. The van der Waals surface area contributed by atoms with Crippen LogP contribution in [0.1, 0.15) is 44.6 Å². The fourth-order valence-electron chi connectivity index (χ4n) is 5.53. The van der Waals surface area contributed by atoms with Crippen LogP contribution in [0.3, 0.4) is 0 Å². The molecule has 5 aromatic rings. The number of fused-ring (bicyclic) bond motifs is 2. The van der Waals surface area contributed by atoms with Crippen LogP contribution in [-0.4, -0.2) is 37.8 Å². The van der Waals surface area contributed by atoms with E-state index in [-0.39, 0.29) is 17.6 Å². The predicted molar refractivity (Wildman–Crippen MR) is 160 cm³/mol. The van der Waals surface area contributed by atoms with Crippen LogP contribution in [0.2, 0.25) is 0 Å². The van der Waals surface area contributed by atoms with Crippen LogP contribution >= 0.6 is 0 Å². The Morgan fingerprint density at radius 2 is 1.90 bits per heavy atom. The van der Waals surface area contributed by atoms with E-state index in [0.29, 0.717) is 5.65 Å². The van der Waals surface area contributed by atoms with Gasteiger partial charge in [0.05, 0.1) is 23.1 Å². The van der Waals surface area contributed by atoms with E-state index < -0.39 is 0 Å². The van der Waals surface area contributed by atoms with Crippen LogP contribution in [0.25, 0.3) is 50.0 Å². The summed E-state index contributed by atoms with van der Waals surface area (Å²) in [4.78, 5) is 29.2. The van der Waals surface area contributed by atoms with E-state index in [9.17, 15) is 9.18 Å². The summed E-state index contributed by atoms with van der Waals surface area (Å²) in [7, 11) is 0. The Labute approximate surface area is 236 Å². The molecule has 1 saturated carbocycles. The maximum Gasteiger partial charge on any atom is 0.227 e. The number of aromatic nitrogens is 5. The minimum atomic E-state index is -0.285. The number of halogens is 1. The summed E-state index contributed by atoms with van der Waals surface area (Å²) in [5, 5.41) is 12.4. The Hall–Kier alpha value is -4.92. The third-order valence-electron chi connectivity index (χ3n) is 7.61. The van der Waals surface area contributed by atoms with Crippen LogP contribution in [0, 0.1) is 11.7 Å². The SMILES string of the molecule is C=N/C=C(\C=C(/C)NC(=O)C1CCCCC1)c1cnc2n[nH]c(-c3cc4c(-c5ccc(F)cc5)cncc4[nH]3)c2c1. The van der Waals surface area contributed by atoms with Gasteiger partial charge in [-0.15, -0.1) is 0 Å². The largest absolute Gasteiger partial charge is 0.352 e. The molecule has 1 amide bonds. The van der Waals surface area contributed by atoms with Gasteiger partial charge in [0, 0.05) is 57.7 Å². The zero-order chi connectivity index (χ0) is 28.3. The smallest absolute Gasteiger partial charge is 0.227 e. The molecule has 8 nitrogen and oxygen atoms in total. The molecule has 1 aliphatic carbocycles. The summed E-state index contributed by atoms with van der Waals surface area (Å²) in [5.74, 6) is -0.144. The van der Waals surface area contributed by atoms with Gasteiger partial charge in [-0.2, -0.15) is 5.10 Å². The van der Waals surface area contributed by atoms with Crippen molar-refractivity contribution in [1.82, 2.24) is 30.5 Å². The number of amides is 1. The molecule has 0 bridgehead atoms. The number of carbonyl (C=O) groups excluding carboxylic acids is 1. The van der Waals surface area contributed by atoms with Gasteiger partial charge in [0.25, 0.3) is 0 Å². The van der Waals surface area contributed by atoms with E-state index in [2.05, 4.69) is 42.2 Å². The van der Waals surface area contributed by atoms with Gasteiger partial charge >= 0.3 is 0 Å². The second-order valence-electron chi connectivity index (χ2n) is 10.5. The maximum absolute atomic E-state index is 13.5. The average molecular weight is 548 g/mol. The first-order valence-corrected chi connectivity index (χ1v) is 13.7. The zero-order valence-corrected chi connectivity index (χ0v) is 22.7. The lowest BCUT2D eigenvalue weighted by atomic mass is 9.88. The molecule has 1 aromatic carbocycles. The van der Waals surface area contributed by atoms with Crippen molar-refractivity contribution in [2.75, 3.05) is 0 Å². The van der Waals surface area contributed by atoms with E-state index in [1.54, 1.807) is 36.9 Å². The van der Waals surface area contributed by atoms with Gasteiger partial charge in [-0.25, -0.2) is 9.37 Å². The number of hydrogen-bond acceptors (Lipinski definition) is 5. The molecule has 0 aliphatic heterocycles. The molecule has 6 rings (SSSR count). The van der Waals surface area contributed by atoms with Gasteiger partial charge in [-0.3, -0.25) is 19.9 Å². The highest BCUT2D eigenvalue weighted by atomic mass is 19.1. The number of nitrogens with one attached hydrogen (secondary N) is 3. The molecule has 4 aromatic heterocycles. The number of H-pyrrole nitrogens is 2. The van der Waals surface area contributed by atoms with Crippen LogP contribution in [0.15, 0.2) is 78.0 Å². The van der Waals surface area contributed by atoms with Gasteiger partial charge in [0.1, 0.15) is 5.82 Å². The van der Waals surface area contributed by atoms with Crippen molar-refractivity contribution < 1.29 is 9.18 Å². The van der Waals surface area contributed by atoms with Crippen molar-refractivity contribution in [2.24, 2.45) is 10.9 Å². The molecule has 0 unspecified atom stereocenters. The van der Waals surface area contributed by atoms with Gasteiger partial charge in [0.2, 0.25) is 5.91 Å². The Bertz CT molecular complexity index is 1810. The summed E-state index contributed by atoms with van der Waals surface area (Å²) in [6.07, 6.45) is 14.1. The molecule has 3 N–H and O–H groups in total. The third-order valence-corrected chi connectivity index (χ3v) is 7.61. The summed E-state index contributed by atoms with van der Waals surface area (Å²) < 4.78 is 13.5. The molecule has 0 saturated heterocycles. The molecule has 0 atom stereocenters. The molecule has 41 heavy (non-hydrogen) atoms. The lowest BCUT2D eigenvalue weighted by Crippen LogP contribution is -2.30. The van der Waals surface area contributed by atoms with E-state index >= 15 is 0 Å². The Kier molecular flexibility index (Phi) is 7.24. The zero-order valence-electron chi connectivity index (χ0n) is 22.7. The number of aromatic amines is 2. The van der Waals surface area contributed by atoms with E-state index in [0.717, 1.165) is 81.3 Å². The molecule has 0 radical (unpaired) electrons. The van der Waals surface area contributed by atoms with E-state index in [1.165, 1.54) is 18.6 Å². The number of rotatable bonds is 7. The fourth-order valence-corrected chi connectivity index (χ4v) is 5.53. The fraction of sp³-hybridized carbons (Fsp3) is 0.219. The lowest BCUT2D eigenvalue weighted by molar-refractivity contribution is -0.125. The van der Waals surface area contributed by atoms with Gasteiger partial charge in [-0.1, -0.05) is 31.4 Å². The van der Waals surface area contributed by atoms with Crippen molar-refractivity contribution in [3.8, 4) is 22.5 Å². The minimum absolute atomic E-state index is 0.0682. The predicted octanol–water partition coefficient (Wildman–Crippen LogP) is 6.95. The minimum Gasteiger partial charge on any atom is -0.352 e. The average Bonchev–Trinajstić information content (AvgIpc) is 3.61. The highest BCUT2D eigenvalue weighted by Crippen LogP contribution is 2.34. The number of pyridine rings is 2. The monoisotopic (exact) mass is 547 g/mol. The first-order chi connectivity index (χ1) is 20.0. The number of aliphatic imine (C=N–C) groups is 1. The first kappa shape index (κ1) is 26.3. The van der Waals surface area contributed by atoms with Crippen molar-refractivity contribution in [1.29, 1.82) is 0 Å². The molecule has 9 heteroatoms. The Morgan fingerprint density at radius 1 is 1.10 bits per heavy atom. The summed E-state index contributed by atoms with van der Waals surface area (Å²) in [6.45, 7) is 5.51. The summed E-state index contributed by atoms with van der Waals surface area (Å²) in [6, 6.07) is 10.4. The van der Waals surface area contributed by atoms with Crippen LogP contribution in [-0.2, 0) is 4.79 Å². The molecular formula is C32H30FN7O. The second-order valence-corrected chi connectivity index (χ2v) is 10.5. The highest BCUT2D eigenvalue weighted by Gasteiger charge is 2.21. The number of benzene rings is 1.